The third kappa shape index (κ3) is 1.81. The van der Waals surface area contributed by atoms with Crippen molar-refractivity contribution in [2.75, 3.05) is 0 Å². The van der Waals surface area contributed by atoms with Gasteiger partial charge < -0.3 is 5.11 Å². The van der Waals surface area contributed by atoms with E-state index in [0.29, 0.717) is 0 Å². The van der Waals surface area contributed by atoms with Crippen LogP contribution in [0.15, 0.2) is 11.8 Å². The van der Waals surface area contributed by atoms with Crippen molar-refractivity contribution in [1.82, 2.24) is 0 Å². The molecule has 0 aromatic heterocycles. The molecule has 0 bridgehead atoms. The Hall–Kier alpha value is -0.990. The van der Waals surface area contributed by atoms with Crippen molar-refractivity contribution < 1.29 is 15.0 Å². The summed E-state index contributed by atoms with van der Waals surface area (Å²) in [5.74, 6) is -2.26. The predicted molar refractivity (Wildman–Crippen MR) is 22.1 cm³/mol. The lowest BCUT2D eigenvalue weighted by molar-refractivity contribution is -0.141. The standard InChI is InChI=1S/C4H5O3/c1-2-3(5)4(6)7/h2,5H,1H3. The summed E-state index contributed by atoms with van der Waals surface area (Å²) in [4.78, 5) is 9.50. The average Bonchev–Trinajstić information content (AvgIpc) is 1.65. The van der Waals surface area contributed by atoms with Gasteiger partial charge in [0.15, 0.2) is 0 Å². The van der Waals surface area contributed by atoms with E-state index < -0.39 is 11.7 Å². The number of rotatable bonds is 1. The topological polar surface area (TPSA) is 57.2 Å². The summed E-state index contributed by atoms with van der Waals surface area (Å²) in [6.07, 6.45) is 1.05. The number of aliphatic hydroxyl groups is 1. The molecule has 0 heterocycles. The maximum Gasteiger partial charge on any atom is 0.419 e. The van der Waals surface area contributed by atoms with E-state index in [9.17, 15) is 9.90 Å². The van der Waals surface area contributed by atoms with Gasteiger partial charge >= 0.3 is 5.97 Å². The first-order valence-electron chi connectivity index (χ1n) is 1.75. The normalized spacial score (nSPS) is 11.3. The number of carbonyl (C=O) groups excluding carboxylic acids is 1. The molecule has 0 unspecified atom stereocenters. The number of hydrogen-bond donors (Lipinski definition) is 1. The first-order chi connectivity index (χ1) is 3.18. The SMILES string of the molecule is CC=C(O)C([O])=O. The zero-order valence-electron chi connectivity index (χ0n) is 3.84. The van der Waals surface area contributed by atoms with Crippen LogP contribution in [-0.4, -0.2) is 11.1 Å². The van der Waals surface area contributed by atoms with Crippen LogP contribution < -0.4 is 0 Å². The van der Waals surface area contributed by atoms with Crippen LogP contribution in [0.1, 0.15) is 6.92 Å². The molecular weight excluding hydrogens is 96.0 g/mol. The highest BCUT2D eigenvalue weighted by Gasteiger charge is 2.01. The van der Waals surface area contributed by atoms with Crippen LogP contribution in [0.5, 0.6) is 0 Å². The Bertz CT molecular complexity index is 104. The van der Waals surface area contributed by atoms with Gasteiger partial charge in [0.1, 0.15) is 0 Å². The van der Waals surface area contributed by atoms with E-state index in [1.807, 2.05) is 0 Å². The smallest absolute Gasteiger partial charge is 0.419 e. The van der Waals surface area contributed by atoms with Crippen LogP contribution in [0.2, 0.25) is 0 Å². The zero-order chi connectivity index (χ0) is 5.86. The number of aliphatic hydroxyl groups excluding tert-OH is 1. The molecule has 0 fully saturated rings. The highest BCUT2D eigenvalue weighted by molar-refractivity contribution is 5.83. The molecule has 0 amide bonds. The molecule has 0 aromatic rings. The summed E-state index contributed by atoms with van der Waals surface area (Å²) in [6, 6.07) is 0. The summed E-state index contributed by atoms with van der Waals surface area (Å²) in [5, 5.41) is 17.6. The molecule has 7 heavy (non-hydrogen) atoms. The molecule has 0 saturated heterocycles. The second kappa shape index (κ2) is 2.23. The molecule has 3 heteroatoms. The van der Waals surface area contributed by atoms with Gasteiger partial charge in [0.25, 0.3) is 0 Å². The summed E-state index contributed by atoms with van der Waals surface area (Å²) in [6.45, 7) is 1.41. The van der Waals surface area contributed by atoms with Gasteiger partial charge in [-0.15, -0.1) is 0 Å². The van der Waals surface area contributed by atoms with Gasteiger partial charge in [-0.05, 0) is 13.0 Å². The summed E-state index contributed by atoms with van der Waals surface area (Å²) < 4.78 is 0. The monoisotopic (exact) mass is 101 g/mol. The summed E-state index contributed by atoms with van der Waals surface area (Å²) >= 11 is 0. The van der Waals surface area contributed by atoms with Crippen molar-refractivity contribution >= 4 is 5.97 Å². The summed E-state index contributed by atoms with van der Waals surface area (Å²) in [7, 11) is 0. The van der Waals surface area contributed by atoms with Gasteiger partial charge in [0, 0.05) is 0 Å². The highest BCUT2D eigenvalue weighted by Crippen LogP contribution is 1.83. The molecule has 0 aliphatic rings. The van der Waals surface area contributed by atoms with Gasteiger partial charge in [-0.25, -0.2) is 9.90 Å². The van der Waals surface area contributed by atoms with Gasteiger partial charge in [0.2, 0.25) is 5.76 Å². The quantitative estimate of drug-likeness (QED) is 0.384. The molecule has 0 aromatic carbocycles. The van der Waals surface area contributed by atoms with E-state index in [4.69, 9.17) is 5.11 Å². The van der Waals surface area contributed by atoms with Gasteiger partial charge in [-0.1, -0.05) is 0 Å². The molecule has 0 spiro atoms. The molecule has 0 saturated carbocycles. The Kier molecular flexibility index (Phi) is 1.91. The van der Waals surface area contributed by atoms with Crippen molar-refractivity contribution in [3.05, 3.63) is 11.8 Å². The fourth-order valence-corrected chi connectivity index (χ4v) is 0.118. The Balaban J connectivity index is 3.82. The van der Waals surface area contributed by atoms with Gasteiger partial charge in [-0.3, -0.25) is 0 Å². The maximum absolute atomic E-state index is 9.50. The zero-order valence-corrected chi connectivity index (χ0v) is 3.84. The van der Waals surface area contributed by atoms with Crippen LogP contribution in [0.3, 0.4) is 0 Å². The van der Waals surface area contributed by atoms with Gasteiger partial charge in [0.05, 0.1) is 0 Å². The minimum Gasteiger partial charge on any atom is -0.502 e. The van der Waals surface area contributed by atoms with Crippen LogP contribution in [0, 0.1) is 0 Å². The number of allylic oxidation sites excluding steroid dienone is 1. The Morgan fingerprint density at radius 1 is 1.71 bits per heavy atom. The molecule has 39 valence electrons. The third-order valence-corrected chi connectivity index (χ3v) is 0.483. The van der Waals surface area contributed by atoms with E-state index in [-0.39, 0.29) is 0 Å². The molecule has 0 aliphatic heterocycles. The third-order valence-electron chi connectivity index (χ3n) is 0.483. The molecule has 0 atom stereocenters. The van der Waals surface area contributed by atoms with Crippen LogP contribution in [0.4, 0.5) is 0 Å². The molecular formula is C4H5O3. The molecule has 1 radical (unpaired) electrons. The van der Waals surface area contributed by atoms with E-state index in [1.54, 1.807) is 0 Å². The molecule has 0 aliphatic carbocycles. The fraction of sp³-hybridized carbons (Fsp3) is 0.250. The Morgan fingerprint density at radius 3 is 2.14 bits per heavy atom. The van der Waals surface area contributed by atoms with E-state index in [1.165, 1.54) is 6.92 Å². The van der Waals surface area contributed by atoms with Crippen molar-refractivity contribution in [3.8, 4) is 0 Å². The van der Waals surface area contributed by atoms with Crippen molar-refractivity contribution in [2.24, 2.45) is 0 Å². The first kappa shape index (κ1) is 6.01. The summed E-state index contributed by atoms with van der Waals surface area (Å²) in [5.41, 5.74) is 0. The van der Waals surface area contributed by atoms with Crippen LogP contribution in [0.25, 0.3) is 0 Å². The minimum absolute atomic E-state index is 0.722. The Morgan fingerprint density at radius 2 is 2.14 bits per heavy atom. The minimum atomic E-state index is -1.54. The first-order valence-corrected chi connectivity index (χ1v) is 1.75. The largest absolute Gasteiger partial charge is 0.502 e. The lowest BCUT2D eigenvalue weighted by atomic mass is 10.5. The lowest BCUT2D eigenvalue weighted by Crippen LogP contribution is -1.94. The van der Waals surface area contributed by atoms with Crippen molar-refractivity contribution in [1.29, 1.82) is 0 Å². The lowest BCUT2D eigenvalue weighted by Gasteiger charge is -1.79. The second-order valence-corrected chi connectivity index (χ2v) is 0.961. The van der Waals surface area contributed by atoms with Crippen LogP contribution in [-0.2, 0) is 9.90 Å². The maximum atomic E-state index is 9.50. The average molecular weight is 101 g/mol. The van der Waals surface area contributed by atoms with E-state index >= 15 is 0 Å². The second-order valence-electron chi connectivity index (χ2n) is 0.961. The number of hydrogen-bond acceptors (Lipinski definition) is 2. The fourth-order valence-electron chi connectivity index (χ4n) is 0.118. The predicted octanol–water partition coefficient (Wildman–Crippen LogP) is 0.405. The van der Waals surface area contributed by atoms with Crippen molar-refractivity contribution in [2.45, 2.75) is 6.92 Å². The molecule has 1 N–H and O–H groups in total. The Labute approximate surface area is 40.9 Å². The van der Waals surface area contributed by atoms with Crippen molar-refractivity contribution in [3.63, 3.8) is 0 Å². The van der Waals surface area contributed by atoms with Crippen LogP contribution >= 0.6 is 0 Å². The highest BCUT2D eigenvalue weighted by atomic mass is 16.4. The molecule has 0 rings (SSSR count). The molecule has 3 nitrogen and oxygen atoms in total. The van der Waals surface area contributed by atoms with Gasteiger partial charge in [-0.2, -0.15) is 0 Å². The number of carbonyl (C=O) groups is 1. The van der Waals surface area contributed by atoms with E-state index in [2.05, 4.69) is 0 Å². The van der Waals surface area contributed by atoms with E-state index in [0.717, 1.165) is 6.08 Å².